The Morgan fingerprint density at radius 2 is 2.17 bits per heavy atom. The summed E-state index contributed by atoms with van der Waals surface area (Å²) in [5.41, 5.74) is 8.29. The van der Waals surface area contributed by atoms with E-state index < -0.39 is 0 Å². The highest BCUT2D eigenvalue weighted by Crippen LogP contribution is 2.22. The van der Waals surface area contributed by atoms with Gasteiger partial charge in [0.15, 0.2) is 0 Å². The number of aryl methyl sites for hydroxylation is 2. The van der Waals surface area contributed by atoms with E-state index in [0.717, 1.165) is 11.3 Å². The van der Waals surface area contributed by atoms with Gasteiger partial charge in [-0.1, -0.05) is 12.2 Å². The molecule has 0 bridgehead atoms. The number of hydrogen-bond acceptors (Lipinski definition) is 4. The van der Waals surface area contributed by atoms with Gasteiger partial charge in [-0.05, 0) is 39.3 Å². The van der Waals surface area contributed by atoms with E-state index >= 15 is 0 Å². The van der Waals surface area contributed by atoms with Gasteiger partial charge in [-0.3, -0.25) is 0 Å². The Kier molecular flexibility index (Phi) is 5.50. The number of pyridine rings is 1. The number of hydrogen-bond donors (Lipinski definition) is 1. The third kappa shape index (κ3) is 3.92. The predicted molar refractivity (Wildman–Crippen MR) is 76.2 cm³/mol. The molecule has 0 saturated carbocycles. The number of nitrogens with two attached hydrogens (primary N) is 1. The second-order valence-electron chi connectivity index (χ2n) is 4.21. The summed E-state index contributed by atoms with van der Waals surface area (Å²) in [6.45, 7) is 8.91. The van der Waals surface area contributed by atoms with Gasteiger partial charge in [0.2, 0.25) is 5.88 Å². The summed E-state index contributed by atoms with van der Waals surface area (Å²) >= 11 is 5.05. The number of thiocarbonyl (C=S) groups is 1. The summed E-state index contributed by atoms with van der Waals surface area (Å²) in [6.07, 6.45) is -0.0910. The molecule has 1 unspecified atom stereocenters. The molecule has 0 aliphatic rings. The monoisotopic (exact) mass is 268 g/mol. The minimum atomic E-state index is -0.0910. The Morgan fingerprint density at radius 1 is 1.50 bits per heavy atom. The third-order valence-electron chi connectivity index (χ3n) is 2.43. The number of aromatic nitrogens is 1. The Morgan fingerprint density at radius 3 is 2.72 bits per heavy atom. The zero-order valence-corrected chi connectivity index (χ0v) is 12.1. The van der Waals surface area contributed by atoms with Crippen molar-refractivity contribution >= 4 is 17.2 Å². The SMILES string of the molecule is CCOCC(C)Oc1nc(C)cc(C)c1C(N)=S. The van der Waals surface area contributed by atoms with Crippen LogP contribution in [0.2, 0.25) is 0 Å². The Labute approximate surface area is 113 Å². The lowest BCUT2D eigenvalue weighted by molar-refractivity contribution is 0.0631. The van der Waals surface area contributed by atoms with Crippen LogP contribution in [0.4, 0.5) is 0 Å². The maximum absolute atomic E-state index is 5.77. The van der Waals surface area contributed by atoms with Gasteiger partial charge in [0.05, 0.1) is 12.2 Å². The summed E-state index contributed by atoms with van der Waals surface area (Å²) in [5, 5.41) is 0. The first kappa shape index (κ1) is 14.9. The molecule has 0 radical (unpaired) electrons. The lowest BCUT2D eigenvalue weighted by Gasteiger charge is -2.17. The molecule has 18 heavy (non-hydrogen) atoms. The molecule has 5 heteroatoms. The lowest BCUT2D eigenvalue weighted by Crippen LogP contribution is -2.23. The van der Waals surface area contributed by atoms with E-state index in [1.54, 1.807) is 0 Å². The Balaban J connectivity index is 2.96. The fourth-order valence-electron chi connectivity index (χ4n) is 1.70. The molecule has 1 heterocycles. The second-order valence-corrected chi connectivity index (χ2v) is 4.65. The molecule has 0 spiro atoms. The van der Waals surface area contributed by atoms with Gasteiger partial charge in [-0.2, -0.15) is 0 Å². The highest BCUT2D eigenvalue weighted by atomic mass is 32.1. The first-order chi connectivity index (χ1) is 8.45. The topological polar surface area (TPSA) is 57.4 Å². The van der Waals surface area contributed by atoms with Crippen molar-refractivity contribution in [2.45, 2.75) is 33.8 Å². The summed E-state index contributed by atoms with van der Waals surface area (Å²) in [6, 6.07) is 1.94. The minimum Gasteiger partial charge on any atom is -0.472 e. The van der Waals surface area contributed by atoms with Crippen molar-refractivity contribution in [3.8, 4) is 5.88 Å². The summed E-state index contributed by atoms with van der Waals surface area (Å²) in [7, 11) is 0. The summed E-state index contributed by atoms with van der Waals surface area (Å²) in [5.74, 6) is 0.493. The Hall–Kier alpha value is -1.20. The van der Waals surface area contributed by atoms with Crippen LogP contribution in [0.15, 0.2) is 6.07 Å². The standard InChI is InChI=1S/C13H20N2O2S/c1-5-16-7-10(4)17-13-11(12(14)18)8(2)6-9(3)15-13/h6,10H,5,7H2,1-4H3,(H2,14,18). The van der Waals surface area contributed by atoms with Crippen molar-refractivity contribution in [3.05, 3.63) is 22.9 Å². The van der Waals surface area contributed by atoms with Crippen molar-refractivity contribution < 1.29 is 9.47 Å². The average Bonchev–Trinajstić information content (AvgIpc) is 2.24. The predicted octanol–water partition coefficient (Wildman–Crippen LogP) is 2.14. The van der Waals surface area contributed by atoms with Gasteiger partial charge >= 0.3 is 0 Å². The van der Waals surface area contributed by atoms with Crippen LogP contribution in [0.3, 0.4) is 0 Å². The second kappa shape index (κ2) is 6.66. The van der Waals surface area contributed by atoms with Crippen LogP contribution in [0.5, 0.6) is 5.88 Å². The average molecular weight is 268 g/mol. The van der Waals surface area contributed by atoms with Crippen molar-refractivity contribution in [1.82, 2.24) is 4.98 Å². The van der Waals surface area contributed by atoms with Crippen LogP contribution in [0.1, 0.15) is 30.7 Å². The van der Waals surface area contributed by atoms with Crippen molar-refractivity contribution in [1.29, 1.82) is 0 Å². The maximum atomic E-state index is 5.77. The largest absolute Gasteiger partial charge is 0.472 e. The van der Waals surface area contributed by atoms with Gasteiger partial charge < -0.3 is 15.2 Å². The van der Waals surface area contributed by atoms with Gasteiger partial charge in [0, 0.05) is 12.3 Å². The molecular weight excluding hydrogens is 248 g/mol. The summed E-state index contributed by atoms with van der Waals surface area (Å²) < 4.78 is 11.1. The molecule has 1 aromatic rings. The molecule has 4 nitrogen and oxygen atoms in total. The molecule has 2 N–H and O–H groups in total. The Bertz CT molecular complexity index is 435. The van der Waals surface area contributed by atoms with Crippen molar-refractivity contribution in [2.24, 2.45) is 5.73 Å². The molecule has 0 fully saturated rings. The van der Waals surface area contributed by atoms with Gasteiger partial charge in [-0.15, -0.1) is 0 Å². The maximum Gasteiger partial charge on any atom is 0.224 e. The molecule has 100 valence electrons. The van der Waals surface area contributed by atoms with Gasteiger partial charge in [0.1, 0.15) is 11.1 Å². The smallest absolute Gasteiger partial charge is 0.224 e. The minimum absolute atomic E-state index is 0.0910. The van der Waals surface area contributed by atoms with E-state index in [0.29, 0.717) is 29.6 Å². The molecule has 0 amide bonds. The van der Waals surface area contributed by atoms with Gasteiger partial charge in [0.25, 0.3) is 0 Å². The zero-order valence-electron chi connectivity index (χ0n) is 11.3. The van der Waals surface area contributed by atoms with Crippen LogP contribution in [0, 0.1) is 13.8 Å². The lowest BCUT2D eigenvalue weighted by atomic mass is 10.1. The molecule has 1 aromatic heterocycles. The van der Waals surface area contributed by atoms with E-state index in [2.05, 4.69) is 4.98 Å². The van der Waals surface area contributed by atoms with Crippen LogP contribution < -0.4 is 10.5 Å². The molecule has 0 aromatic carbocycles. The van der Waals surface area contributed by atoms with Crippen LogP contribution in [0.25, 0.3) is 0 Å². The molecule has 0 aliphatic heterocycles. The fraction of sp³-hybridized carbons (Fsp3) is 0.538. The van der Waals surface area contributed by atoms with E-state index in [9.17, 15) is 0 Å². The quantitative estimate of drug-likeness (QED) is 0.801. The van der Waals surface area contributed by atoms with E-state index in [1.165, 1.54) is 0 Å². The molecule has 1 atom stereocenters. The van der Waals surface area contributed by atoms with E-state index in [-0.39, 0.29) is 6.10 Å². The molecular formula is C13H20N2O2S. The molecule has 0 aliphatic carbocycles. The van der Waals surface area contributed by atoms with Crippen LogP contribution in [-0.2, 0) is 4.74 Å². The fourth-order valence-corrected chi connectivity index (χ4v) is 1.94. The molecule has 1 rings (SSSR count). The van der Waals surface area contributed by atoms with E-state index in [1.807, 2.05) is 33.8 Å². The van der Waals surface area contributed by atoms with E-state index in [4.69, 9.17) is 27.4 Å². The number of rotatable bonds is 6. The molecule has 0 saturated heterocycles. The zero-order chi connectivity index (χ0) is 13.7. The summed E-state index contributed by atoms with van der Waals surface area (Å²) in [4.78, 5) is 4.66. The van der Waals surface area contributed by atoms with Crippen molar-refractivity contribution in [3.63, 3.8) is 0 Å². The highest BCUT2D eigenvalue weighted by Gasteiger charge is 2.15. The van der Waals surface area contributed by atoms with Crippen molar-refractivity contribution in [2.75, 3.05) is 13.2 Å². The van der Waals surface area contributed by atoms with Crippen LogP contribution >= 0.6 is 12.2 Å². The number of ether oxygens (including phenoxy) is 2. The van der Waals surface area contributed by atoms with Gasteiger partial charge in [-0.25, -0.2) is 4.98 Å². The highest BCUT2D eigenvalue weighted by molar-refractivity contribution is 7.80. The normalized spacial score (nSPS) is 12.2. The van der Waals surface area contributed by atoms with Crippen LogP contribution in [-0.4, -0.2) is 29.3 Å². The first-order valence-electron chi connectivity index (χ1n) is 5.98. The number of nitrogens with zero attached hydrogens (tertiary/aromatic N) is 1. The first-order valence-corrected chi connectivity index (χ1v) is 6.39. The third-order valence-corrected chi connectivity index (χ3v) is 2.63.